The largest absolute Gasteiger partial charge is 0.497 e. The third kappa shape index (κ3) is 3.96. The number of carbonyl (C=O) groups excluding carboxylic acids is 2. The van der Waals surface area contributed by atoms with E-state index in [-0.39, 0.29) is 18.2 Å². The third-order valence-corrected chi connectivity index (χ3v) is 8.79. The van der Waals surface area contributed by atoms with Crippen molar-refractivity contribution in [3.05, 3.63) is 62.6 Å². The van der Waals surface area contributed by atoms with Gasteiger partial charge in [0.2, 0.25) is 0 Å². The number of piperidine rings is 1. The van der Waals surface area contributed by atoms with E-state index in [1.165, 1.54) is 12.8 Å². The molecule has 1 aliphatic heterocycles. The Morgan fingerprint density at radius 3 is 2.78 bits per heavy atom. The van der Waals surface area contributed by atoms with Crippen LogP contribution in [0.5, 0.6) is 5.75 Å². The van der Waals surface area contributed by atoms with Crippen molar-refractivity contribution in [3.8, 4) is 5.75 Å². The molecule has 5 rings (SSSR count). The molecule has 1 aromatic heterocycles. The number of likely N-dealkylation sites (tertiary alicyclic amines) is 1. The van der Waals surface area contributed by atoms with Crippen LogP contribution in [0.4, 0.5) is 0 Å². The zero-order valence-corrected chi connectivity index (χ0v) is 21.2. The van der Waals surface area contributed by atoms with Gasteiger partial charge >= 0.3 is 0 Å². The van der Waals surface area contributed by atoms with Crippen molar-refractivity contribution in [1.29, 1.82) is 0 Å². The van der Waals surface area contributed by atoms with E-state index < -0.39 is 22.5 Å². The number of amides is 1. The molecule has 2 heterocycles. The van der Waals surface area contributed by atoms with Gasteiger partial charge in [0.1, 0.15) is 17.6 Å². The summed E-state index contributed by atoms with van der Waals surface area (Å²) in [6.45, 7) is 5.85. The molecule has 8 nitrogen and oxygen atoms in total. The number of H-pyrrole nitrogens is 1. The maximum atomic E-state index is 12.9. The summed E-state index contributed by atoms with van der Waals surface area (Å²) in [5.41, 5.74) is 1.36. The number of pyridine rings is 1. The van der Waals surface area contributed by atoms with Crippen LogP contribution in [-0.2, 0) is 23.1 Å². The molecule has 1 amide bonds. The van der Waals surface area contributed by atoms with E-state index >= 15 is 0 Å². The molecule has 0 bridgehead atoms. The number of hydrogen-bond donors (Lipinski definition) is 3. The second-order valence-electron chi connectivity index (χ2n) is 10.8. The van der Waals surface area contributed by atoms with Gasteiger partial charge in [-0.15, -0.1) is 0 Å². The molecule has 3 unspecified atom stereocenters. The fraction of sp³-hybridized carbons (Fsp3) is 0.536. The van der Waals surface area contributed by atoms with Crippen molar-refractivity contribution in [1.82, 2.24) is 15.2 Å². The van der Waals surface area contributed by atoms with E-state index in [9.17, 15) is 19.5 Å². The molecular formula is C28H35N3O5. The number of methoxy groups -OCH3 is 1. The number of nitrogens with zero attached hydrogens (tertiary/aromatic N) is 1. The summed E-state index contributed by atoms with van der Waals surface area (Å²) in [5, 5.41) is 15.2. The van der Waals surface area contributed by atoms with Crippen LogP contribution in [0.3, 0.4) is 0 Å². The summed E-state index contributed by atoms with van der Waals surface area (Å²) in [5.74, 6) is 0.843. The molecule has 1 aromatic carbocycles. The number of ether oxygens (including phenoxy) is 1. The van der Waals surface area contributed by atoms with Crippen LogP contribution in [0.25, 0.3) is 0 Å². The van der Waals surface area contributed by atoms with E-state index in [2.05, 4.69) is 29.0 Å². The molecule has 3 N–H and O–H groups in total. The minimum absolute atomic E-state index is 0.0393. The predicted octanol–water partition coefficient (Wildman–Crippen LogP) is 1.89. The number of hydrogen-bond acceptors (Lipinski definition) is 6. The van der Waals surface area contributed by atoms with Crippen molar-refractivity contribution < 1.29 is 19.4 Å². The van der Waals surface area contributed by atoms with Gasteiger partial charge in [0.25, 0.3) is 11.5 Å². The molecule has 3 aliphatic rings. The minimum Gasteiger partial charge on any atom is -0.497 e. The first-order valence-corrected chi connectivity index (χ1v) is 12.8. The summed E-state index contributed by atoms with van der Waals surface area (Å²) >= 11 is 0. The lowest BCUT2D eigenvalue weighted by Crippen LogP contribution is -2.71. The molecule has 36 heavy (non-hydrogen) atoms. The fourth-order valence-electron chi connectivity index (χ4n) is 6.51. The van der Waals surface area contributed by atoms with Gasteiger partial charge in [-0.1, -0.05) is 6.07 Å². The zero-order chi connectivity index (χ0) is 25.7. The maximum absolute atomic E-state index is 12.9. The lowest BCUT2D eigenvalue weighted by Gasteiger charge is -2.60. The van der Waals surface area contributed by atoms with E-state index in [1.807, 2.05) is 18.2 Å². The van der Waals surface area contributed by atoms with Crippen molar-refractivity contribution in [2.75, 3.05) is 26.7 Å². The number of aromatic nitrogens is 1. The number of aryl methyl sites for hydroxylation is 1. The quantitative estimate of drug-likeness (QED) is 0.508. The normalized spacial score (nSPS) is 27.6. The lowest BCUT2D eigenvalue weighted by molar-refractivity contribution is -0.139. The first-order valence-electron chi connectivity index (χ1n) is 12.8. The zero-order valence-electron chi connectivity index (χ0n) is 21.2. The van der Waals surface area contributed by atoms with Crippen LogP contribution in [0.15, 0.2) is 29.1 Å². The molecule has 1 saturated carbocycles. The highest BCUT2D eigenvalue weighted by atomic mass is 16.5. The Hall–Kier alpha value is -2.97. The van der Waals surface area contributed by atoms with Crippen molar-refractivity contribution >= 4 is 12.2 Å². The SMILES string of the molecule is COc1ccc(C)c(C23CCN(CC4CC4)C(C)C2(O)Cc2cc(C(=O)NCC=O)c(=O)[nH]c2C3)c1. The molecule has 0 spiro atoms. The van der Waals surface area contributed by atoms with Gasteiger partial charge in [0, 0.05) is 36.5 Å². The number of fused-ring (bicyclic) bond motifs is 2. The number of aromatic amines is 1. The Bertz CT molecular complexity index is 1250. The average molecular weight is 494 g/mol. The second kappa shape index (κ2) is 9.16. The van der Waals surface area contributed by atoms with Gasteiger partial charge in [-0.2, -0.15) is 0 Å². The Balaban J connectivity index is 1.64. The predicted molar refractivity (Wildman–Crippen MR) is 136 cm³/mol. The summed E-state index contributed by atoms with van der Waals surface area (Å²) in [4.78, 5) is 41.5. The number of benzene rings is 1. The number of carbonyl (C=O) groups is 2. The number of rotatable bonds is 7. The first kappa shape index (κ1) is 24.7. The van der Waals surface area contributed by atoms with Gasteiger partial charge < -0.3 is 24.9 Å². The lowest BCUT2D eigenvalue weighted by atomic mass is 9.53. The molecule has 2 fully saturated rings. The summed E-state index contributed by atoms with van der Waals surface area (Å²) in [7, 11) is 1.64. The van der Waals surface area contributed by atoms with Crippen LogP contribution in [0.1, 0.15) is 58.9 Å². The van der Waals surface area contributed by atoms with Gasteiger partial charge in [0.15, 0.2) is 0 Å². The Morgan fingerprint density at radius 2 is 2.08 bits per heavy atom. The molecule has 2 aliphatic carbocycles. The van der Waals surface area contributed by atoms with E-state index in [1.54, 1.807) is 13.2 Å². The summed E-state index contributed by atoms with van der Waals surface area (Å²) in [6.07, 6.45) is 4.58. The van der Waals surface area contributed by atoms with Crippen molar-refractivity contribution in [2.45, 2.75) is 63.0 Å². The monoisotopic (exact) mass is 493 g/mol. The standard InChI is InChI=1S/C28H35N3O5/c1-17-4-7-21(36-3)13-23(17)27-8-10-31(16-19-5-6-19)18(2)28(27,35)14-20-12-22(25(33)29-9-11-32)26(34)30-24(20)15-27/h4,7,11-13,18-19,35H,5-6,8-10,14-16H2,1-3H3,(H,29,33)(H,30,34). The van der Waals surface area contributed by atoms with Gasteiger partial charge in [-0.05, 0) is 80.5 Å². The molecule has 3 atom stereocenters. The van der Waals surface area contributed by atoms with Crippen LogP contribution in [-0.4, -0.2) is 65.6 Å². The fourth-order valence-corrected chi connectivity index (χ4v) is 6.51. The van der Waals surface area contributed by atoms with Crippen molar-refractivity contribution in [3.63, 3.8) is 0 Å². The highest BCUT2D eigenvalue weighted by Crippen LogP contribution is 2.54. The highest BCUT2D eigenvalue weighted by Gasteiger charge is 2.61. The van der Waals surface area contributed by atoms with E-state index in [4.69, 9.17) is 4.74 Å². The van der Waals surface area contributed by atoms with E-state index in [0.717, 1.165) is 47.6 Å². The Labute approximate surface area is 211 Å². The smallest absolute Gasteiger partial charge is 0.261 e. The average Bonchev–Trinajstić information content (AvgIpc) is 3.68. The number of aliphatic hydroxyl groups is 1. The van der Waals surface area contributed by atoms with Gasteiger partial charge in [0.05, 0.1) is 19.3 Å². The molecule has 192 valence electrons. The third-order valence-electron chi connectivity index (χ3n) is 8.79. The molecule has 0 radical (unpaired) electrons. The summed E-state index contributed by atoms with van der Waals surface area (Å²) < 4.78 is 5.56. The molecule has 2 aromatic rings. The number of aldehydes is 1. The Kier molecular flexibility index (Phi) is 6.29. The first-order chi connectivity index (χ1) is 17.2. The van der Waals surface area contributed by atoms with Crippen LogP contribution in [0.2, 0.25) is 0 Å². The Morgan fingerprint density at radius 1 is 1.31 bits per heavy atom. The van der Waals surface area contributed by atoms with Crippen molar-refractivity contribution in [2.24, 2.45) is 5.92 Å². The number of nitrogens with one attached hydrogen (secondary N) is 2. The van der Waals surface area contributed by atoms with Crippen LogP contribution in [0, 0.1) is 12.8 Å². The van der Waals surface area contributed by atoms with Gasteiger partial charge in [-0.25, -0.2) is 0 Å². The minimum atomic E-state index is -1.13. The highest BCUT2D eigenvalue weighted by molar-refractivity contribution is 5.95. The molecular weight excluding hydrogens is 458 g/mol. The van der Waals surface area contributed by atoms with Crippen LogP contribution >= 0.6 is 0 Å². The molecule has 8 heteroatoms. The summed E-state index contributed by atoms with van der Waals surface area (Å²) in [6, 6.07) is 7.48. The maximum Gasteiger partial charge on any atom is 0.261 e. The molecule has 1 saturated heterocycles. The van der Waals surface area contributed by atoms with E-state index in [0.29, 0.717) is 25.0 Å². The second-order valence-corrected chi connectivity index (χ2v) is 10.8. The van der Waals surface area contributed by atoms with Gasteiger partial charge in [-0.3, -0.25) is 14.5 Å². The topological polar surface area (TPSA) is 112 Å². The van der Waals surface area contributed by atoms with Crippen LogP contribution < -0.4 is 15.6 Å².